The fraction of sp³-hybridized carbons (Fsp3) is 0.714. The smallest absolute Gasteiger partial charge is 0.313 e. The Morgan fingerprint density at radius 3 is 2.50 bits per heavy atom. The Morgan fingerprint density at radius 2 is 1.94 bits per heavy atom. The molecule has 1 N–H and O–H groups in total. The number of hydrogen-bond donors (Lipinski definition) is 1. The molecular formula is C14H24O4. The lowest BCUT2D eigenvalue weighted by molar-refractivity contribution is -0.150. The van der Waals surface area contributed by atoms with Crippen molar-refractivity contribution in [2.75, 3.05) is 6.61 Å². The van der Waals surface area contributed by atoms with Crippen molar-refractivity contribution in [1.29, 1.82) is 0 Å². The number of carboxylic acid groups (broad SMARTS) is 1. The molecule has 0 saturated heterocycles. The number of hydrogen-bond acceptors (Lipinski definition) is 3. The van der Waals surface area contributed by atoms with Gasteiger partial charge in [0, 0.05) is 0 Å². The van der Waals surface area contributed by atoms with Crippen LogP contribution in [-0.4, -0.2) is 23.7 Å². The van der Waals surface area contributed by atoms with Gasteiger partial charge in [-0.2, -0.15) is 0 Å². The van der Waals surface area contributed by atoms with Crippen LogP contribution in [0.2, 0.25) is 0 Å². The first-order chi connectivity index (χ1) is 8.61. The van der Waals surface area contributed by atoms with E-state index < -0.39 is 17.9 Å². The molecule has 4 nitrogen and oxygen atoms in total. The van der Waals surface area contributed by atoms with Crippen molar-refractivity contribution >= 4 is 11.9 Å². The van der Waals surface area contributed by atoms with Crippen LogP contribution < -0.4 is 0 Å². The maximum atomic E-state index is 11.5. The minimum atomic E-state index is -0.983. The van der Waals surface area contributed by atoms with Crippen molar-refractivity contribution in [3.8, 4) is 0 Å². The first kappa shape index (κ1) is 16.7. The van der Waals surface area contributed by atoms with E-state index in [1.54, 1.807) is 13.0 Å². The second kappa shape index (κ2) is 10.8. The molecule has 0 fully saturated rings. The van der Waals surface area contributed by atoms with E-state index in [4.69, 9.17) is 9.84 Å². The van der Waals surface area contributed by atoms with Gasteiger partial charge in [0.2, 0.25) is 0 Å². The number of carboxylic acids is 1. The van der Waals surface area contributed by atoms with Gasteiger partial charge in [0.05, 0.1) is 18.9 Å². The van der Waals surface area contributed by atoms with E-state index in [9.17, 15) is 9.59 Å². The van der Waals surface area contributed by atoms with Crippen LogP contribution in [0.4, 0.5) is 0 Å². The average Bonchev–Trinajstić information content (AvgIpc) is 2.32. The highest BCUT2D eigenvalue weighted by Gasteiger charge is 2.19. The Hall–Kier alpha value is -1.32. The summed E-state index contributed by atoms with van der Waals surface area (Å²) in [6.07, 6.45) is 8.88. The number of ether oxygens (including phenoxy) is 1. The molecule has 0 aliphatic carbocycles. The average molecular weight is 256 g/mol. The molecule has 1 unspecified atom stereocenters. The summed E-state index contributed by atoms with van der Waals surface area (Å²) in [7, 11) is 0. The second-order valence-corrected chi connectivity index (χ2v) is 4.23. The molecule has 18 heavy (non-hydrogen) atoms. The van der Waals surface area contributed by atoms with Crippen LogP contribution in [0.3, 0.4) is 0 Å². The van der Waals surface area contributed by atoms with Crippen LogP contribution >= 0.6 is 0 Å². The van der Waals surface area contributed by atoms with E-state index in [2.05, 4.69) is 6.92 Å². The first-order valence-corrected chi connectivity index (χ1v) is 6.66. The van der Waals surface area contributed by atoms with E-state index >= 15 is 0 Å². The number of allylic oxidation sites excluding steroid dienone is 1. The molecule has 0 amide bonds. The molecule has 0 aromatic rings. The first-order valence-electron chi connectivity index (χ1n) is 6.66. The molecule has 0 aliphatic rings. The highest BCUT2D eigenvalue weighted by atomic mass is 16.5. The Labute approximate surface area is 109 Å². The maximum absolute atomic E-state index is 11.5. The quantitative estimate of drug-likeness (QED) is 0.370. The number of rotatable bonds is 10. The number of carbonyl (C=O) groups excluding carboxylic acids is 1. The summed E-state index contributed by atoms with van der Waals surface area (Å²) in [6, 6.07) is 0. The zero-order chi connectivity index (χ0) is 13.8. The molecule has 104 valence electrons. The van der Waals surface area contributed by atoms with Gasteiger partial charge in [0.25, 0.3) is 0 Å². The van der Waals surface area contributed by atoms with Crippen LogP contribution in [-0.2, 0) is 14.3 Å². The normalized spacial score (nSPS) is 12.6. The summed E-state index contributed by atoms with van der Waals surface area (Å²) in [5.74, 6) is -2.10. The molecule has 0 heterocycles. The fourth-order valence-electron chi connectivity index (χ4n) is 1.62. The lowest BCUT2D eigenvalue weighted by atomic mass is 10.0. The zero-order valence-corrected chi connectivity index (χ0v) is 11.4. The molecule has 0 saturated carbocycles. The molecule has 0 aromatic heterocycles. The summed E-state index contributed by atoms with van der Waals surface area (Å²) < 4.78 is 4.85. The molecule has 1 atom stereocenters. The number of esters is 1. The molecule has 0 bridgehead atoms. The van der Waals surface area contributed by atoms with Crippen molar-refractivity contribution < 1.29 is 19.4 Å². The van der Waals surface area contributed by atoms with Gasteiger partial charge in [-0.15, -0.1) is 0 Å². The summed E-state index contributed by atoms with van der Waals surface area (Å²) in [5, 5.41) is 8.73. The Bertz CT molecular complexity index is 271. The van der Waals surface area contributed by atoms with E-state index in [0.717, 1.165) is 12.8 Å². The minimum Gasteiger partial charge on any atom is -0.481 e. The summed E-state index contributed by atoms with van der Waals surface area (Å²) in [6.45, 7) is 4.14. The fourth-order valence-corrected chi connectivity index (χ4v) is 1.62. The largest absolute Gasteiger partial charge is 0.481 e. The van der Waals surface area contributed by atoms with Crippen LogP contribution in [0.5, 0.6) is 0 Å². The van der Waals surface area contributed by atoms with E-state index in [0.29, 0.717) is 0 Å². The topological polar surface area (TPSA) is 63.6 Å². The molecule has 0 rings (SSSR count). The van der Waals surface area contributed by atoms with Gasteiger partial charge < -0.3 is 9.84 Å². The van der Waals surface area contributed by atoms with Gasteiger partial charge >= 0.3 is 11.9 Å². The number of unbranched alkanes of at least 4 members (excludes halogenated alkanes) is 4. The summed E-state index contributed by atoms with van der Waals surface area (Å²) in [5.41, 5.74) is 0. The second-order valence-electron chi connectivity index (χ2n) is 4.23. The lowest BCUT2D eigenvalue weighted by Crippen LogP contribution is -2.19. The standard InChI is InChI=1S/C14H24O4/c1-3-5-6-7-8-9-10-12(11-13(15)16)14(17)18-4-2/h9-10,12H,3-8,11H2,1-2H3,(H,15,16). The molecule has 0 aromatic carbocycles. The number of carbonyl (C=O) groups is 2. The van der Waals surface area contributed by atoms with Crippen molar-refractivity contribution in [3.63, 3.8) is 0 Å². The third kappa shape index (κ3) is 8.79. The third-order valence-electron chi connectivity index (χ3n) is 2.58. The van der Waals surface area contributed by atoms with Crippen molar-refractivity contribution in [2.24, 2.45) is 5.92 Å². The monoisotopic (exact) mass is 256 g/mol. The molecule has 0 aliphatic heterocycles. The van der Waals surface area contributed by atoms with Gasteiger partial charge in [-0.05, 0) is 19.8 Å². The van der Waals surface area contributed by atoms with Crippen LogP contribution in [0.15, 0.2) is 12.2 Å². The van der Waals surface area contributed by atoms with Crippen molar-refractivity contribution in [2.45, 2.75) is 52.4 Å². The lowest BCUT2D eigenvalue weighted by Gasteiger charge is -2.08. The van der Waals surface area contributed by atoms with Crippen molar-refractivity contribution in [3.05, 3.63) is 12.2 Å². The Balaban J connectivity index is 4.10. The van der Waals surface area contributed by atoms with Crippen molar-refractivity contribution in [1.82, 2.24) is 0 Å². The number of aliphatic carboxylic acids is 1. The van der Waals surface area contributed by atoms with E-state index in [1.165, 1.54) is 19.3 Å². The highest BCUT2D eigenvalue weighted by molar-refractivity contribution is 5.80. The molecule has 4 heteroatoms. The Kier molecular flexibility index (Phi) is 10.0. The van der Waals surface area contributed by atoms with Gasteiger partial charge in [-0.1, -0.05) is 38.3 Å². The van der Waals surface area contributed by atoms with Gasteiger partial charge in [0.15, 0.2) is 0 Å². The predicted octanol–water partition coefficient (Wildman–Crippen LogP) is 3.17. The van der Waals surface area contributed by atoms with Gasteiger partial charge in [0.1, 0.15) is 0 Å². The van der Waals surface area contributed by atoms with Gasteiger partial charge in [-0.3, -0.25) is 9.59 Å². The van der Waals surface area contributed by atoms with Crippen LogP contribution in [0.1, 0.15) is 52.4 Å². The van der Waals surface area contributed by atoms with E-state index in [1.807, 2.05) is 6.08 Å². The van der Waals surface area contributed by atoms with E-state index in [-0.39, 0.29) is 13.0 Å². The molecular weight excluding hydrogens is 232 g/mol. The molecule has 0 spiro atoms. The van der Waals surface area contributed by atoms with Crippen LogP contribution in [0.25, 0.3) is 0 Å². The zero-order valence-electron chi connectivity index (χ0n) is 11.4. The Morgan fingerprint density at radius 1 is 1.22 bits per heavy atom. The van der Waals surface area contributed by atoms with Crippen LogP contribution in [0, 0.1) is 5.92 Å². The summed E-state index contributed by atoms with van der Waals surface area (Å²) >= 11 is 0. The molecule has 0 radical (unpaired) electrons. The SMILES string of the molecule is CCCCCCC=CC(CC(=O)O)C(=O)OCC. The highest BCUT2D eigenvalue weighted by Crippen LogP contribution is 2.10. The predicted molar refractivity (Wildman–Crippen MR) is 70.3 cm³/mol. The summed E-state index contributed by atoms with van der Waals surface area (Å²) in [4.78, 5) is 22.2. The van der Waals surface area contributed by atoms with Gasteiger partial charge in [-0.25, -0.2) is 0 Å². The minimum absolute atomic E-state index is 0.204. The third-order valence-corrected chi connectivity index (χ3v) is 2.58. The maximum Gasteiger partial charge on any atom is 0.313 e.